The topological polar surface area (TPSA) is 63.4 Å². The molecule has 0 aliphatic carbocycles. The van der Waals surface area contributed by atoms with E-state index in [0.717, 1.165) is 4.90 Å². The Bertz CT molecular complexity index is 536. The molecule has 1 aromatic rings. The number of sulfonamides is 1. The first-order valence-electron chi connectivity index (χ1n) is 6.53. The van der Waals surface area contributed by atoms with Gasteiger partial charge in [0.15, 0.2) is 0 Å². The molecule has 114 valence electrons. The molecule has 0 bridgehead atoms. The van der Waals surface area contributed by atoms with E-state index in [-0.39, 0.29) is 11.2 Å². The maximum atomic E-state index is 12.2. The lowest BCUT2D eigenvalue weighted by atomic mass is 9.97. The largest absolute Gasteiger partial charge is 0.398 e. The zero-order valence-corrected chi connectivity index (χ0v) is 14.2. The van der Waals surface area contributed by atoms with E-state index in [0.29, 0.717) is 18.0 Å². The van der Waals surface area contributed by atoms with Gasteiger partial charge in [-0.3, -0.25) is 0 Å². The van der Waals surface area contributed by atoms with Crippen LogP contribution < -0.4 is 5.73 Å². The Labute approximate surface area is 126 Å². The predicted molar refractivity (Wildman–Crippen MR) is 87.5 cm³/mol. The van der Waals surface area contributed by atoms with Crippen molar-refractivity contribution in [2.75, 3.05) is 30.8 Å². The van der Waals surface area contributed by atoms with Crippen LogP contribution in [-0.4, -0.2) is 37.8 Å². The van der Waals surface area contributed by atoms with Gasteiger partial charge < -0.3 is 5.73 Å². The number of para-hydroxylation sites is 1. The molecule has 1 rings (SSSR count). The van der Waals surface area contributed by atoms with Gasteiger partial charge in [0.05, 0.1) is 5.75 Å². The summed E-state index contributed by atoms with van der Waals surface area (Å²) in [5.74, 6) is 0.629. The molecule has 0 aliphatic heterocycles. The van der Waals surface area contributed by atoms with Crippen molar-refractivity contribution in [3.8, 4) is 0 Å². The number of rotatable bonds is 6. The number of hydrogen-bond donors (Lipinski definition) is 1. The van der Waals surface area contributed by atoms with Gasteiger partial charge in [-0.25, -0.2) is 12.7 Å². The van der Waals surface area contributed by atoms with Crippen LogP contribution in [0.15, 0.2) is 29.2 Å². The van der Waals surface area contributed by atoms with Gasteiger partial charge in [0.25, 0.3) is 0 Å². The van der Waals surface area contributed by atoms with E-state index in [2.05, 4.69) is 0 Å². The Morgan fingerprint density at radius 2 is 1.85 bits per heavy atom. The molecule has 20 heavy (non-hydrogen) atoms. The van der Waals surface area contributed by atoms with Crippen molar-refractivity contribution in [2.45, 2.75) is 25.7 Å². The molecule has 2 N–H and O–H groups in total. The van der Waals surface area contributed by atoms with Crippen LogP contribution in [0.5, 0.6) is 0 Å². The summed E-state index contributed by atoms with van der Waals surface area (Å²) < 4.78 is 25.8. The van der Waals surface area contributed by atoms with Gasteiger partial charge in [0.1, 0.15) is 0 Å². The van der Waals surface area contributed by atoms with E-state index in [4.69, 9.17) is 5.73 Å². The van der Waals surface area contributed by atoms with Crippen molar-refractivity contribution in [3.05, 3.63) is 24.3 Å². The van der Waals surface area contributed by atoms with Gasteiger partial charge in [0, 0.05) is 29.9 Å². The lowest BCUT2D eigenvalue weighted by Crippen LogP contribution is -2.36. The van der Waals surface area contributed by atoms with Gasteiger partial charge >= 0.3 is 0 Å². The summed E-state index contributed by atoms with van der Waals surface area (Å²) in [5.41, 5.74) is 6.48. The lowest BCUT2D eigenvalue weighted by molar-refractivity contribution is 0.311. The first-order valence-corrected chi connectivity index (χ1v) is 9.13. The van der Waals surface area contributed by atoms with E-state index < -0.39 is 10.0 Å². The van der Waals surface area contributed by atoms with E-state index >= 15 is 0 Å². The second kappa shape index (κ2) is 6.83. The summed E-state index contributed by atoms with van der Waals surface area (Å²) in [6.07, 6.45) is 0. The van der Waals surface area contributed by atoms with Gasteiger partial charge in [-0.15, -0.1) is 11.8 Å². The van der Waals surface area contributed by atoms with Crippen molar-refractivity contribution in [1.29, 1.82) is 0 Å². The molecular formula is C14H24N2O2S2. The SMILES string of the molecule is CN(CC(C)(C)C)S(=O)(=O)CCSc1ccccc1N. The standard InChI is InChI=1S/C14H24N2O2S2/c1-14(2,3)11-16(4)20(17,18)10-9-19-13-8-6-5-7-12(13)15/h5-8H,9-11,15H2,1-4H3. The summed E-state index contributed by atoms with van der Waals surface area (Å²) >= 11 is 1.48. The Morgan fingerprint density at radius 1 is 1.25 bits per heavy atom. The second-order valence-corrected chi connectivity index (χ2v) is 9.35. The molecule has 0 saturated heterocycles. The third-order valence-electron chi connectivity index (χ3n) is 2.69. The normalized spacial score (nSPS) is 12.8. The zero-order valence-electron chi connectivity index (χ0n) is 12.6. The number of benzene rings is 1. The molecule has 0 amide bonds. The average molecular weight is 316 g/mol. The minimum Gasteiger partial charge on any atom is -0.398 e. The summed E-state index contributed by atoms with van der Waals surface area (Å²) in [5, 5.41) is 0. The predicted octanol–water partition coefficient (Wildman–Crippen LogP) is 2.67. The quantitative estimate of drug-likeness (QED) is 0.647. The fraction of sp³-hybridized carbons (Fsp3) is 0.571. The zero-order chi connectivity index (χ0) is 15.4. The van der Waals surface area contributed by atoms with Gasteiger partial charge in [-0.2, -0.15) is 0 Å². The van der Waals surface area contributed by atoms with Crippen molar-refractivity contribution in [2.24, 2.45) is 5.41 Å². The van der Waals surface area contributed by atoms with Crippen LogP contribution in [0.1, 0.15) is 20.8 Å². The molecule has 0 fully saturated rings. The summed E-state index contributed by atoms with van der Waals surface area (Å²) in [6, 6.07) is 7.50. The Hall–Kier alpha value is -0.720. The van der Waals surface area contributed by atoms with Gasteiger partial charge in [0.2, 0.25) is 10.0 Å². The maximum Gasteiger partial charge on any atom is 0.214 e. The number of nitrogens with zero attached hydrogens (tertiary/aromatic N) is 1. The summed E-state index contributed by atoms with van der Waals surface area (Å²) in [6.45, 7) is 6.60. The van der Waals surface area contributed by atoms with E-state index in [1.54, 1.807) is 7.05 Å². The molecular weight excluding hydrogens is 292 g/mol. The fourth-order valence-electron chi connectivity index (χ4n) is 1.79. The number of anilines is 1. The van der Waals surface area contributed by atoms with Crippen molar-refractivity contribution in [3.63, 3.8) is 0 Å². The first-order chi connectivity index (χ1) is 9.12. The molecule has 0 atom stereocenters. The molecule has 0 aliphatic rings. The second-order valence-electron chi connectivity index (χ2n) is 6.02. The van der Waals surface area contributed by atoms with Crippen LogP contribution in [0, 0.1) is 5.41 Å². The number of hydrogen-bond acceptors (Lipinski definition) is 4. The average Bonchev–Trinajstić information content (AvgIpc) is 2.29. The van der Waals surface area contributed by atoms with Crippen LogP contribution in [0.2, 0.25) is 0 Å². The molecule has 0 unspecified atom stereocenters. The van der Waals surface area contributed by atoms with Crippen LogP contribution in [0.25, 0.3) is 0 Å². The Balaban J connectivity index is 2.54. The van der Waals surface area contributed by atoms with Crippen LogP contribution in [0.4, 0.5) is 5.69 Å². The summed E-state index contributed by atoms with van der Waals surface area (Å²) in [4.78, 5) is 0.932. The number of nitrogens with two attached hydrogens (primary N) is 1. The van der Waals surface area contributed by atoms with E-state index in [1.807, 2.05) is 45.0 Å². The van der Waals surface area contributed by atoms with E-state index in [9.17, 15) is 8.42 Å². The molecule has 0 saturated carbocycles. The smallest absolute Gasteiger partial charge is 0.214 e. The van der Waals surface area contributed by atoms with E-state index in [1.165, 1.54) is 16.1 Å². The number of nitrogen functional groups attached to an aromatic ring is 1. The highest BCUT2D eigenvalue weighted by molar-refractivity contribution is 8.00. The third-order valence-corrected chi connectivity index (χ3v) is 5.84. The Morgan fingerprint density at radius 3 is 2.40 bits per heavy atom. The van der Waals surface area contributed by atoms with Crippen molar-refractivity contribution < 1.29 is 8.42 Å². The highest BCUT2D eigenvalue weighted by atomic mass is 32.2. The molecule has 0 spiro atoms. The van der Waals surface area contributed by atoms with Gasteiger partial charge in [-0.1, -0.05) is 32.9 Å². The Kier molecular flexibility index (Phi) is 5.91. The highest BCUT2D eigenvalue weighted by Crippen LogP contribution is 2.25. The van der Waals surface area contributed by atoms with Crippen LogP contribution in [0.3, 0.4) is 0 Å². The minimum absolute atomic E-state index is 0.0428. The molecule has 4 nitrogen and oxygen atoms in total. The molecule has 0 aromatic heterocycles. The van der Waals surface area contributed by atoms with Crippen LogP contribution in [-0.2, 0) is 10.0 Å². The maximum absolute atomic E-state index is 12.2. The molecule has 1 aromatic carbocycles. The van der Waals surface area contributed by atoms with Crippen LogP contribution >= 0.6 is 11.8 Å². The highest BCUT2D eigenvalue weighted by Gasteiger charge is 2.23. The molecule has 0 radical (unpaired) electrons. The molecule has 6 heteroatoms. The summed E-state index contributed by atoms with van der Waals surface area (Å²) in [7, 11) is -1.56. The fourth-order valence-corrected chi connectivity index (χ4v) is 4.49. The minimum atomic E-state index is -3.20. The molecule has 0 heterocycles. The third kappa shape index (κ3) is 5.73. The first kappa shape index (κ1) is 17.3. The monoisotopic (exact) mass is 316 g/mol. The lowest BCUT2D eigenvalue weighted by Gasteiger charge is -2.26. The van der Waals surface area contributed by atoms with Gasteiger partial charge in [-0.05, 0) is 17.5 Å². The van der Waals surface area contributed by atoms with Crippen molar-refractivity contribution in [1.82, 2.24) is 4.31 Å². The number of thioether (sulfide) groups is 1. The van der Waals surface area contributed by atoms with Crippen molar-refractivity contribution >= 4 is 27.5 Å².